The van der Waals surface area contributed by atoms with Gasteiger partial charge in [-0.25, -0.2) is 17.6 Å². The van der Waals surface area contributed by atoms with Crippen molar-refractivity contribution in [2.45, 2.75) is 6.92 Å². The van der Waals surface area contributed by atoms with E-state index in [9.17, 15) is 17.8 Å². The molecule has 2 aromatic rings. The molecule has 0 saturated carbocycles. The van der Waals surface area contributed by atoms with E-state index in [1.165, 1.54) is 6.92 Å². The molecule has 0 fully saturated rings. The van der Waals surface area contributed by atoms with Crippen molar-refractivity contribution in [1.29, 1.82) is 0 Å². The van der Waals surface area contributed by atoms with Gasteiger partial charge < -0.3 is 15.2 Å². The minimum atomic E-state index is -4.41. The summed E-state index contributed by atoms with van der Waals surface area (Å²) in [5.41, 5.74) is 2.18. The number of imidazole rings is 1. The van der Waals surface area contributed by atoms with Gasteiger partial charge in [-0.05, 0) is 18.2 Å². The van der Waals surface area contributed by atoms with Crippen LogP contribution < -0.4 is 15.2 Å². The summed E-state index contributed by atoms with van der Waals surface area (Å²) in [6, 6.07) is 5.44. The fraction of sp³-hybridized carbons (Fsp3) is 0.333. The van der Waals surface area contributed by atoms with Gasteiger partial charge >= 0.3 is 5.95 Å². The molecule has 0 bridgehead atoms. The van der Waals surface area contributed by atoms with Gasteiger partial charge in [0, 0.05) is 24.8 Å². The Balaban J connectivity index is 0.000000527. The molecular weight excluding hydrogens is 376 g/mol. The largest absolute Gasteiger partial charge is 0.726 e. The second-order valence-corrected chi connectivity index (χ2v) is 6.41. The number of amides is 1. The molecule has 1 amide bonds. The van der Waals surface area contributed by atoms with Crippen LogP contribution >= 0.6 is 0 Å². The molecular formula is C15H22N6O5S. The number of carbonyl (C=O) groups excluding carboxylic acids is 1. The summed E-state index contributed by atoms with van der Waals surface area (Å²) < 4.78 is 34.8. The van der Waals surface area contributed by atoms with Gasteiger partial charge in [-0.15, -0.1) is 0 Å². The predicted molar refractivity (Wildman–Crippen MR) is 97.8 cm³/mol. The van der Waals surface area contributed by atoms with Crippen LogP contribution in [0.4, 0.5) is 23.0 Å². The summed E-state index contributed by atoms with van der Waals surface area (Å²) in [6.07, 6.45) is 3.81. The maximum absolute atomic E-state index is 11.1. The van der Waals surface area contributed by atoms with Crippen molar-refractivity contribution in [3.05, 3.63) is 30.6 Å². The van der Waals surface area contributed by atoms with E-state index in [1.54, 1.807) is 6.07 Å². The minimum Gasteiger partial charge on any atom is -0.726 e. The van der Waals surface area contributed by atoms with E-state index in [2.05, 4.69) is 25.0 Å². The normalized spacial score (nSPS) is 11.0. The zero-order valence-corrected chi connectivity index (χ0v) is 16.4. The molecule has 148 valence electrons. The minimum absolute atomic E-state index is 0.121. The molecule has 27 heavy (non-hydrogen) atoms. The molecule has 2 rings (SSSR count). The lowest BCUT2D eigenvalue weighted by Crippen LogP contribution is -2.25. The molecule has 11 nitrogen and oxygen atoms in total. The number of nitrogens with zero attached hydrogens (tertiary/aromatic N) is 4. The summed E-state index contributed by atoms with van der Waals surface area (Å²) >= 11 is 0. The summed E-state index contributed by atoms with van der Waals surface area (Å²) in [5, 5.41) is 14.3. The van der Waals surface area contributed by atoms with Crippen LogP contribution in [-0.4, -0.2) is 37.6 Å². The molecule has 1 aromatic carbocycles. The molecule has 0 unspecified atom stereocenters. The number of nitrogens with one attached hydrogen (secondary N) is 2. The van der Waals surface area contributed by atoms with Crippen molar-refractivity contribution in [3.63, 3.8) is 0 Å². The van der Waals surface area contributed by atoms with Crippen molar-refractivity contribution in [1.82, 2.24) is 4.57 Å². The fourth-order valence-corrected chi connectivity index (χ4v) is 1.93. The smallest absolute Gasteiger partial charge is 0.421 e. The zero-order chi connectivity index (χ0) is 20.6. The van der Waals surface area contributed by atoms with Gasteiger partial charge in [0.25, 0.3) is 0 Å². The molecule has 12 heteroatoms. The average molecular weight is 398 g/mol. The van der Waals surface area contributed by atoms with Crippen molar-refractivity contribution in [2.24, 2.45) is 24.3 Å². The number of rotatable bonds is 5. The monoisotopic (exact) mass is 398 g/mol. The van der Waals surface area contributed by atoms with Gasteiger partial charge in [-0.1, -0.05) is 5.11 Å². The third-order valence-electron chi connectivity index (χ3n) is 3.18. The Morgan fingerprint density at radius 2 is 1.96 bits per heavy atom. The van der Waals surface area contributed by atoms with Crippen molar-refractivity contribution >= 4 is 39.3 Å². The van der Waals surface area contributed by atoms with Gasteiger partial charge in [0.15, 0.2) is 0 Å². The maximum atomic E-state index is 11.1. The van der Waals surface area contributed by atoms with E-state index < -0.39 is 10.4 Å². The molecule has 1 aromatic heterocycles. The Hall–Kier alpha value is -2.83. The lowest BCUT2D eigenvalue weighted by atomic mass is 10.2. The molecule has 0 aliphatic heterocycles. The standard InChI is InChI=1S/C14H18N6O.CH4O4S/c1-10(21)16-11-5-6-12(15-2)13(9-11)17-18-14-19(3)7-8-20(14)4;1-5-6(2,3)4/h5-9H,1-4H3,(H,16,17,21);1H3,(H,2,3,4). The van der Waals surface area contributed by atoms with Crippen LogP contribution in [0.5, 0.6) is 0 Å². The third kappa shape index (κ3) is 7.52. The number of aromatic nitrogens is 2. The molecule has 0 spiro atoms. The van der Waals surface area contributed by atoms with Gasteiger partial charge in [0.1, 0.15) is 5.69 Å². The predicted octanol–water partition coefficient (Wildman–Crippen LogP) is 1.36. The van der Waals surface area contributed by atoms with Gasteiger partial charge in [0.05, 0.1) is 39.3 Å². The number of anilines is 2. The zero-order valence-electron chi connectivity index (χ0n) is 15.6. The second kappa shape index (κ2) is 9.75. The Morgan fingerprint density at radius 3 is 2.41 bits per heavy atom. The highest BCUT2D eigenvalue weighted by atomic mass is 32.3. The van der Waals surface area contributed by atoms with Gasteiger partial charge in [-0.2, -0.15) is 0 Å². The Kier molecular flexibility index (Phi) is 8.02. The maximum Gasteiger partial charge on any atom is 0.421 e. The number of hydrogen-bond donors (Lipinski definition) is 2. The second-order valence-electron chi connectivity index (χ2n) is 5.26. The van der Waals surface area contributed by atoms with Gasteiger partial charge in [-0.3, -0.25) is 8.98 Å². The van der Waals surface area contributed by atoms with Crippen LogP contribution in [0.3, 0.4) is 0 Å². The average Bonchev–Trinajstić information content (AvgIpc) is 2.91. The molecule has 0 aliphatic carbocycles. The fourth-order valence-electron chi connectivity index (χ4n) is 1.93. The van der Waals surface area contributed by atoms with E-state index in [-0.39, 0.29) is 5.91 Å². The molecule has 0 radical (unpaired) electrons. The van der Waals surface area contributed by atoms with Crippen molar-refractivity contribution in [2.75, 3.05) is 24.8 Å². The first-order chi connectivity index (χ1) is 12.6. The van der Waals surface area contributed by atoms with Gasteiger partial charge in [0.2, 0.25) is 16.3 Å². The Labute approximate surface area is 157 Å². The first-order valence-corrected chi connectivity index (χ1v) is 8.94. The van der Waals surface area contributed by atoms with Crippen LogP contribution in [-0.2, 0) is 33.5 Å². The number of benzene rings is 1. The summed E-state index contributed by atoms with van der Waals surface area (Å²) in [6.45, 7) is 1.47. The topological polar surface area (TPSA) is 141 Å². The summed E-state index contributed by atoms with van der Waals surface area (Å²) in [4.78, 5) is 11.1. The Morgan fingerprint density at radius 1 is 1.33 bits per heavy atom. The third-order valence-corrected chi connectivity index (χ3v) is 3.59. The van der Waals surface area contributed by atoms with E-state index >= 15 is 0 Å². The number of hydrogen-bond acceptors (Lipinski definition) is 8. The summed E-state index contributed by atoms with van der Waals surface area (Å²) in [7, 11) is 2.02. The first-order valence-electron chi connectivity index (χ1n) is 7.61. The van der Waals surface area contributed by atoms with Crippen LogP contribution in [0.1, 0.15) is 6.92 Å². The summed E-state index contributed by atoms with van der Waals surface area (Å²) in [5.74, 6) is 0.603. The SMILES string of the molecule is CNc1ccc(NC(C)=O)cc1N=Nc1n(C)cc[n+]1C.COS(=O)(=O)[O-]. The van der Waals surface area contributed by atoms with Crippen LogP contribution in [0.2, 0.25) is 0 Å². The van der Waals surface area contributed by atoms with Crippen LogP contribution in [0, 0.1) is 0 Å². The molecule has 0 atom stereocenters. The lowest BCUT2D eigenvalue weighted by molar-refractivity contribution is -0.657. The van der Waals surface area contributed by atoms with E-state index in [4.69, 9.17) is 0 Å². The highest BCUT2D eigenvalue weighted by Crippen LogP contribution is 2.29. The number of aryl methyl sites for hydroxylation is 2. The lowest BCUT2D eigenvalue weighted by Gasteiger charge is -2.06. The molecule has 2 N–H and O–H groups in total. The highest BCUT2D eigenvalue weighted by molar-refractivity contribution is 7.80. The van der Waals surface area contributed by atoms with Crippen molar-refractivity contribution < 1.29 is 26.5 Å². The number of carbonyl (C=O) groups is 1. The van der Waals surface area contributed by atoms with Crippen LogP contribution in [0.15, 0.2) is 40.8 Å². The Bertz CT molecular complexity index is 903. The van der Waals surface area contributed by atoms with Crippen LogP contribution in [0.25, 0.3) is 0 Å². The van der Waals surface area contributed by atoms with E-state index in [0.29, 0.717) is 11.4 Å². The van der Waals surface area contributed by atoms with Crippen molar-refractivity contribution in [3.8, 4) is 0 Å². The molecule has 0 saturated heterocycles. The molecule has 1 heterocycles. The first kappa shape index (κ1) is 22.2. The van der Waals surface area contributed by atoms with E-state index in [0.717, 1.165) is 18.7 Å². The highest BCUT2D eigenvalue weighted by Gasteiger charge is 2.11. The van der Waals surface area contributed by atoms with E-state index in [1.807, 2.05) is 54.8 Å². The molecule has 0 aliphatic rings. The number of azo groups is 1. The quantitative estimate of drug-likeness (QED) is 0.337.